The predicted octanol–water partition coefficient (Wildman–Crippen LogP) is 3.54. The van der Waals surface area contributed by atoms with Gasteiger partial charge in [-0.25, -0.2) is 0 Å². The number of ether oxygens (including phenoxy) is 10. The van der Waals surface area contributed by atoms with Gasteiger partial charge in [-0.15, -0.1) is 0 Å². The van der Waals surface area contributed by atoms with Crippen molar-refractivity contribution in [3.05, 3.63) is 35.9 Å². The van der Waals surface area contributed by atoms with Gasteiger partial charge in [0, 0.05) is 6.61 Å². The molecule has 0 radical (unpaired) electrons. The van der Waals surface area contributed by atoms with E-state index in [4.69, 9.17) is 47.4 Å². The smallest absolute Gasteiger partial charge is 0.0718 e. The van der Waals surface area contributed by atoms with Gasteiger partial charge in [-0.1, -0.05) is 50.1 Å². The highest BCUT2D eigenvalue weighted by atomic mass is 16.6. The molecule has 10 heteroatoms. The Morgan fingerprint density at radius 1 is 0.350 bits per heavy atom. The summed E-state index contributed by atoms with van der Waals surface area (Å²) in [6.45, 7) is 13.5. The molecule has 40 heavy (non-hydrogen) atoms. The van der Waals surface area contributed by atoms with Gasteiger partial charge in [0.05, 0.1) is 126 Å². The van der Waals surface area contributed by atoms with Crippen LogP contribution < -0.4 is 0 Å². The second-order valence-corrected chi connectivity index (χ2v) is 8.76. The summed E-state index contributed by atoms with van der Waals surface area (Å²) in [5.74, 6) is 0. The van der Waals surface area contributed by atoms with E-state index >= 15 is 0 Å². The molecule has 0 amide bonds. The molecule has 0 N–H and O–H groups in total. The van der Waals surface area contributed by atoms with Crippen LogP contribution >= 0.6 is 0 Å². The van der Waals surface area contributed by atoms with Gasteiger partial charge in [-0.05, 0) is 12.0 Å². The zero-order chi connectivity index (χ0) is 28.4. The summed E-state index contributed by atoms with van der Waals surface area (Å²) in [6.07, 6.45) is 3.55. The molecule has 0 heterocycles. The van der Waals surface area contributed by atoms with E-state index in [0.29, 0.717) is 126 Å². The molecule has 1 aromatic rings. The van der Waals surface area contributed by atoms with Gasteiger partial charge in [0.2, 0.25) is 0 Å². The lowest BCUT2D eigenvalue weighted by atomic mass is 10.2. The normalized spacial score (nSPS) is 11.4. The highest BCUT2D eigenvalue weighted by Gasteiger charge is 1.96. The molecular formula is C30H54O10. The zero-order valence-electron chi connectivity index (χ0n) is 24.7. The molecule has 0 aromatic heterocycles. The summed E-state index contributed by atoms with van der Waals surface area (Å²) in [4.78, 5) is 0. The lowest BCUT2D eigenvalue weighted by Crippen LogP contribution is -2.15. The average molecular weight is 575 g/mol. The van der Waals surface area contributed by atoms with Gasteiger partial charge in [0.25, 0.3) is 0 Å². The first-order chi connectivity index (χ1) is 19.9. The predicted molar refractivity (Wildman–Crippen MR) is 153 cm³/mol. The molecule has 10 nitrogen and oxygen atoms in total. The maximum Gasteiger partial charge on any atom is 0.0718 e. The Bertz CT molecular complexity index is 593. The van der Waals surface area contributed by atoms with Gasteiger partial charge < -0.3 is 47.4 Å². The number of hydrogen-bond donors (Lipinski definition) is 0. The molecule has 0 unspecified atom stereocenters. The molecule has 234 valence electrons. The molecule has 0 fully saturated rings. The number of rotatable bonds is 33. The Morgan fingerprint density at radius 2 is 0.650 bits per heavy atom. The first-order valence-corrected chi connectivity index (χ1v) is 14.7. The summed E-state index contributed by atoms with van der Waals surface area (Å²) in [5, 5.41) is 0. The van der Waals surface area contributed by atoms with Crippen molar-refractivity contribution in [2.45, 2.75) is 32.8 Å². The fourth-order valence-corrected chi connectivity index (χ4v) is 3.20. The highest BCUT2D eigenvalue weighted by molar-refractivity contribution is 5.13. The lowest BCUT2D eigenvalue weighted by molar-refractivity contribution is -0.0267. The first kappa shape index (κ1) is 36.8. The fraction of sp³-hybridized carbons (Fsp3) is 0.800. The number of hydrogen-bond acceptors (Lipinski definition) is 10. The zero-order valence-corrected chi connectivity index (χ0v) is 24.7. The molecule has 0 bridgehead atoms. The van der Waals surface area contributed by atoms with Crippen molar-refractivity contribution in [1.29, 1.82) is 0 Å². The molecule has 0 atom stereocenters. The van der Waals surface area contributed by atoms with Crippen LogP contribution in [0.5, 0.6) is 0 Å². The Labute approximate surface area is 241 Å². The maximum atomic E-state index is 5.56. The molecule has 0 saturated heterocycles. The molecule has 0 aliphatic heterocycles. The van der Waals surface area contributed by atoms with E-state index in [1.807, 2.05) is 30.3 Å². The maximum absolute atomic E-state index is 5.56. The topological polar surface area (TPSA) is 92.3 Å². The van der Waals surface area contributed by atoms with Crippen LogP contribution in [0.25, 0.3) is 0 Å². The second kappa shape index (κ2) is 32.3. The van der Waals surface area contributed by atoms with E-state index in [2.05, 4.69) is 6.92 Å². The Balaban J connectivity index is 1.62. The summed E-state index contributed by atoms with van der Waals surface area (Å²) in [6, 6.07) is 10.1. The quantitative estimate of drug-likeness (QED) is 0.116. The number of unbranched alkanes of at least 4 members (excludes halogenated alkanes) is 2. The third-order valence-electron chi connectivity index (χ3n) is 5.35. The standard InChI is InChI=1S/C30H54O10/c1-2-3-7-10-31-11-12-32-13-14-33-15-16-34-17-18-35-19-20-36-21-22-37-23-24-38-25-26-39-27-28-40-29-30-8-5-4-6-9-30/h4-6,8-9H,2-3,7,10-29H2,1H3. The largest absolute Gasteiger partial charge is 0.379 e. The minimum absolute atomic E-state index is 0.527. The summed E-state index contributed by atoms with van der Waals surface area (Å²) in [7, 11) is 0. The first-order valence-electron chi connectivity index (χ1n) is 14.7. The van der Waals surface area contributed by atoms with E-state index in [9.17, 15) is 0 Å². The fourth-order valence-electron chi connectivity index (χ4n) is 3.20. The van der Waals surface area contributed by atoms with E-state index in [-0.39, 0.29) is 0 Å². The molecule has 0 aliphatic rings. The van der Waals surface area contributed by atoms with Crippen molar-refractivity contribution in [2.75, 3.05) is 126 Å². The summed E-state index contributed by atoms with van der Waals surface area (Å²) >= 11 is 0. The second-order valence-electron chi connectivity index (χ2n) is 8.76. The van der Waals surface area contributed by atoms with E-state index < -0.39 is 0 Å². The SMILES string of the molecule is CCCCCOCCOCCOCCOCCOCCOCCOCCOCCOCCOCc1ccccc1. The highest BCUT2D eigenvalue weighted by Crippen LogP contribution is 2.00. The van der Waals surface area contributed by atoms with Crippen LogP contribution in [-0.2, 0) is 54.0 Å². The van der Waals surface area contributed by atoms with Crippen LogP contribution in [0.3, 0.4) is 0 Å². The van der Waals surface area contributed by atoms with Crippen molar-refractivity contribution in [3.8, 4) is 0 Å². The van der Waals surface area contributed by atoms with Crippen molar-refractivity contribution in [2.24, 2.45) is 0 Å². The van der Waals surface area contributed by atoms with Crippen molar-refractivity contribution in [1.82, 2.24) is 0 Å². The third kappa shape index (κ3) is 28.4. The van der Waals surface area contributed by atoms with E-state index in [0.717, 1.165) is 18.6 Å². The van der Waals surface area contributed by atoms with Crippen LogP contribution in [-0.4, -0.2) is 126 Å². The van der Waals surface area contributed by atoms with Crippen molar-refractivity contribution in [3.63, 3.8) is 0 Å². The monoisotopic (exact) mass is 574 g/mol. The summed E-state index contributed by atoms with van der Waals surface area (Å²) in [5.41, 5.74) is 1.16. The van der Waals surface area contributed by atoms with Gasteiger partial charge in [0.1, 0.15) is 0 Å². The summed E-state index contributed by atoms with van der Waals surface area (Å²) < 4.78 is 54.8. The minimum Gasteiger partial charge on any atom is -0.379 e. The van der Waals surface area contributed by atoms with Gasteiger partial charge >= 0.3 is 0 Å². The molecule has 1 rings (SSSR count). The molecule has 1 aromatic carbocycles. The number of benzene rings is 1. The van der Waals surface area contributed by atoms with E-state index in [1.54, 1.807) is 0 Å². The van der Waals surface area contributed by atoms with Crippen LogP contribution in [0.1, 0.15) is 31.7 Å². The Morgan fingerprint density at radius 3 is 0.975 bits per heavy atom. The molecular weight excluding hydrogens is 520 g/mol. The van der Waals surface area contributed by atoms with Crippen molar-refractivity contribution < 1.29 is 47.4 Å². The van der Waals surface area contributed by atoms with Crippen LogP contribution in [0.2, 0.25) is 0 Å². The van der Waals surface area contributed by atoms with Gasteiger partial charge in [0.15, 0.2) is 0 Å². The van der Waals surface area contributed by atoms with Crippen molar-refractivity contribution >= 4 is 0 Å². The Hall–Kier alpha value is -1.18. The molecule has 0 aliphatic carbocycles. The van der Waals surface area contributed by atoms with Gasteiger partial charge in [-0.3, -0.25) is 0 Å². The third-order valence-corrected chi connectivity index (χ3v) is 5.35. The lowest BCUT2D eigenvalue weighted by Gasteiger charge is -2.09. The van der Waals surface area contributed by atoms with E-state index in [1.165, 1.54) is 12.8 Å². The minimum atomic E-state index is 0.527. The average Bonchev–Trinajstić information content (AvgIpc) is 2.98. The van der Waals surface area contributed by atoms with Crippen LogP contribution in [0, 0.1) is 0 Å². The Kier molecular flexibility index (Phi) is 29.8. The van der Waals surface area contributed by atoms with Gasteiger partial charge in [-0.2, -0.15) is 0 Å². The molecule has 0 saturated carbocycles. The van der Waals surface area contributed by atoms with Crippen LogP contribution in [0.15, 0.2) is 30.3 Å². The van der Waals surface area contributed by atoms with Crippen LogP contribution in [0.4, 0.5) is 0 Å². The molecule has 0 spiro atoms.